The van der Waals surface area contributed by atoms with Crippen LogP contribution in [0.25, 0.3) is 0 Å². The average Bonchev–Trinajstić information content (AvgIpc) is 2.36. The molecular formula is C15H20BrClO. The van der Waals surface area contributed by atoms with E-state index in [-0.39, 0.29) is 17.6 Å². The van der Waals surface area contributed by atoms with Gasteiger partial charge in [0.25, 0.3) is 0 Å². The molecule has 0 N–H and O–H groups in total. The molecule has 0 aromatic carbocycles. The topological polar surface area (TPSA) is 9.23 Å². The molecule has 3 heteroatoms. The summed E-state index contributed by atoms with van der Waals surface area (Å²) in [6, 6.07) is 0. The smallest absolute Gasteiger partial charge is 0.0777 e. The summed E-state index contributed by atoms with van der Waals surface area (Å²) in [5.74, 6) is 2.47. The molecule has 0 aliphatic carbocycles. The van der Waals surface area contributed by atoms with Gasteiger partial charge in [0.15, 0.2) is 0 Å². The molecule has 0 bridgehead atoms. The highest BCUT2D eigenvalue weighted by molar-refractivity contribution is 9.09. The van der Waals surface area contributed by atoms with Gasteiger partial charge in [-0.2, -0.15) is 0 Å². The van der Waals surface area contributed by atoms with Gasteiger partial charge in [-0.3, -0.25) is 0 Å². The lowest BCUT2D eigenvalue weighted by molar-refractivity contribution is -0.0402. The predicted molar refractivity (Wildman–Crippen MR) is 82.3 cm³/mol. The van der Waals surface area contributed by atoms with E-state index < -0.39 is 0 Å². The summed E-state index contributed by atoms with van der Waals surface area (Å²) in [5, 5.41) is 0.0862. The van der Waals surface area contributed by atoms with Gasteiger partial charge in [0.2, 0.25) is 0 Å². The maximum absolute atomic E-state index is 6.33. The van der Waals surface area contributed by atoms with Gasteiger partial charge < -0.3 is 4.74 Å². The fraction of sp³-hybridized carbons (Fsp3) is 0.600. The minimum atomic E-state index is 0.0862. The monoisotopic (exact) mass is 330 g/mol. The molecule has 0 aromatic heterocycles. The Bertz CT molecular complexity index is 332. The van der Waals surface area contributed by atoms with Crippen LogP contribution < -0.4 is 0 Å². The van der Waals surface area contributed by atoms with Crippen molar-refractivity contribution in [1.82, 2.24) is 0 Å². The van der Waals surface area contributed by atoms with E-state index >= 15 is 0 Å². The molecule has 100 valence electrons. The quantitative estimate of drug-likeness (QED) is 0.411. The molecule has 18 heavy (non-hydrogen) atoms. The summed E-state index contributed by atoms with van der Waals surface area (Å²) in [4.78, 5) is 0.379. The zero-order valence-electron chi connectivity index (χ0n) is 10.7. The lowest BCUT2D eigenvalue weighted by Gasteiger charge is -2.36. The van der Waals surface area contributed by atoms with Crippen LogP contribution in [0.3, 0.4) is 0 Å². The second kappa shape index (κ2) is 8.80. The van der Waals surface area contributed by atoms with Gasteiger partial charge in [-0.05, 0) is 31.8 Å². The van der Waals surface area contributed by atoms with Crippen molar-refractivity contribution in [1.29, 1.82) is 0 Å². The Kier molecular flexibility index (Phi) is 7.74. The van der Waals surface area contributed by atoms with Crippen LogP contribution in [0, 0.1) is 12.3 Å². The van der Waals surface area contributed by atoms with E-state index in [0.717, 1.165) is 25.7 Å². The standard InChI is InChI=1S/C15H20BrClO/c1-3-5-6-7-8-9-10-15-13(17)11-12(16)14(4-2)18-15/h1,5-6,8-9,12-15H,4,7,10-11H2,2H3/b6-5+,9-8-/t12-,13-,14+,15-/m0/s1. The fourth-order valence-corrected chi connectivity index (χ4v) is 3.48. The van der Waals surface area contributed by atoms with Gasteiger partial charge in [-0.25, -0.2) is 0 Å². The molecule has 1 nitrogen and oxygen atoms in total. The van der Waals surface area contributed by atoms with Crippen molar-refractivity contribution in [2.75, 3.05) is 0 Å². The minimum absolute atomic E-state index is 0.0862. The Balaban J connectivity index is 2.37. The van der Waals surface area contributed by atoms with Crippen LogP contribution in [0.2, 0.25) is 0 Å². The van der Waals surface area contributed by atoms with Crippen molar-refractivity contribution in [2.45, 2.75) is 55.0 Å². The first kappa shape index (κ1) is 15.8. The van der Waals surface area contributed by atoms with Gasteiger partial charge >= 0.3 is 0 Å². The van der Waals surface area contributed by atoms with E-state index in [9.17, 15) is 0 Å². The first-order chi connectivity index (χ1) is 8.69. The van der Waals surface area contributed by atoms with E-state index in [1.54, 1.807) is 6.08 Å². The number of halogens is 2. The number of allylic oxidation sites excluding steroid dienone is 3. The van der Waals surface area contributed by atoms with Crippen LogP contribution in [-0.4, -0.2) is 22.4 Å². The van der Waals surface area contributed by atoms with Crippen molar-refractivity contribution in [3.05, 3.63) is 24.3 Å². The molecule has 0 unspecified atom stereocenters. The Morgan fingerprint density at radius 1 is 1.39 bits per heavy atom. The van der Waals surface area contributed by atoms with Crippen LogP contribution in [0.4, 0.5) is 0 Å². The highest BCUT2D eigenvalue weighted by Crippen LogP contribution is 2.32. The molecule has 0 radical (unpaired) electrons. The Hall–Kier alpha value is -0.230. The van der Waals surface area contributed by atoms with Gasteiger partial charge in [0, 0.05) is 4.83 Å². The molecule has 1 aliphatic heterocycles. The van der Waals surface area contributed by atoms with Crippen molar-refractivity contribution < 1.29 is 4.74 Å². The first-order valence-electron chi connectivity index (χ1n) is 6.38. The van der Waals surface area contributed by atoms with Gasteiger partial charge in [0.1, 0.15) is 0 Å². The van der Waals surface area contributed by atoms with Gasteiger partial charge in [-0.1, -0.05) is 47.0 Å². The molecule has 0 amide bonds. The number of hydrogen-bond donors (Lipinski definition) is 0. The summed E-state index contributed by atoms with van der Waals surface area (Å²) < 4.78 is 6.01. The maximum atomic E-state index is 6.33. The highest BCUT2D eigenvalue weighted by Gasteiger charge is 2.34. The fourth-order valence-electron chi connectivity index (χ4n) is 2.01. The van der Waals surface area contributed by atoms with Crippen LogP contribution in [0.15, 0.2) is 24.3 Å². The lowest BCUT2D eigenvalue weighted by atomic mass is 9.99. The Morgan fingerprint density at radius 2 is 2.17 bits per heavy atom. The summed E-state index contributed by atoms with van der Waals surface area (Å²) in [6.45, 7) is 2.14. The molecule has 4 atom stereocenters. The van der Waals surface area contributed by atoms with E-state index in [1.165, 1.54) is 0 Å². The van der Waals surface area contributed by atoms with E-state index in [4.69, 9.17) is 22.8 Å². The third-order valence-electron chi connectivity index (χ3n) is 3.03. The van der Waals surface area contributed by atoms with Crippen LogP contribution in [0.1, 0.15) is 32.6 Å². The number of alkyl halides is 2. The third kappa shape index (κ3) is 5.18. The Labute approximate surface area is 124 Å². The van der Waals surface area contributed by atoms with Crippen molar-refractivity contribution in [2.24, 2.45) is 0 Å². The molecule has 1 rings (SSSR count). The molecule has 1 fully saturated rings. The summed E-state index contributed by atoms with van der Waals surface area (Å²) in [6.07, 6.45) is 17.1. The van der Waals surface area contributed by atoms with Crippen molar-refractivity contribution in [3.63, 3.8) is 0 Å². The SMILES string of the molecule is C#C/C=C/C/C=C\C[C@@H]1O[C@H](CC)[C@@H](Br)C[C@@H]1Cl. The molecule has 0 aromatic rings. The van der Waals surface area contributed by atoms with E-state index in [2.05, 4.69) is 40.9 Å². The summed E-state index contributed by atoms with van der Waals surface area (Å²) in [5.41, 5.74) is 0. The number of terminal acetylenes is 1. The second-order valence-electron chi connectivity index (χ2n) is 4.40. The summed E-state index contributed by atoms with van der Waals surface area (Å²) >= 11 is 9.97. The molecule has 1 heterocycles. The number of rotatable bonds is 5. The Morgan fingerprint density at radius 3 is 2.83 bits per heavy atom. The van der Waals surface area contributed by atoms with Crippen molar-refractivity contribution in [3.8, 4) is 12.3 Å². The molecular weight excluding hydrogens is 312 g/mol. The third-order valence-corrected chi connectivity index (χ3v) is 4.45. The molecule has 1 aliphatic rings. The minimum Gasteiger partial charge on any atom is -0.372 e. The highest BCUT2D eigenvalue weighted by atomic mass is 79.9. The molecule has 0 saturated carbocycles. The van der Waals surface area contributed by atoms with E-state index in [0.29, 0.717) is 4.83 Å². The lowest BCUT2D eigenvalue weighted by Crippen LogP contribution is -2.42. The largest absolute Gasteiger partial charge is 0.372 e. The van der Waals surface area contributed by atoms with Crippen LogP contribution in [-0.2, 0) is 4.74 Å². The van der Waals surface area contributed by atoms with Crippen LogP contribution in [0.5, 0.6) is 0 Å². The van der Waals surface area contributed by atoms with E-state index in [1.807, 2.05) is 6.08 Å². The first-order valence-corrected chi connectivity index (χ1v) is 7.74. The second-order valence-corrected chi connectivity index (χ2v) is 6.14. The zero-order chi connectivity index (χ0) is 13.4. The maximum Gasteiger partial charge on any atom is 0.0777 e. The summed E-state index contributed by atoms with van der Waals surface area (Å²) in [7, 11) is 0. The number of ether oxygens (including phenoxy) is 1. The van der Waals surface area contributed by atoms with Gasteiger partial charge in [0.05, 0.1) is 17.6 Å². The predicted octanol–water partition coefficient (Wildman–Crippen LogP) is 4.45. The van der Waals surface area contributed by atoms with Gasteiger partial charge in [-0.15, -0.1) is 18.0 Å². The normalized spacial score (nSPS) is 33.0. The molecule has 1 saturated heterocycles. The molecule has 0 spiro atoms. The van der Waals surface area contributed by atoms with Crippen molar-refractivity contribution >= 4 is 27.5 Å². The average molecular weight is 332 g/mol. The zero-order valence-corrected chi connectivity index (χ0v) is 13.0. The number of hydrogen-bond acceptors (Lipinski definition) is 1. The van der Waals surface area contributed by atoms with Crippen LogP contribution >= 0.6 is 27.5 Å².